The van der Waals surface area contributed by atoms with E-state index in [0.717, 1.165) is 0 Å². The van der Waals surface area contributed by atoms with Crippen LogP contribution in [0.15, 0.2) is 16.5 Å². The standard InChI is InChI=1S/C12H17NO3S/c1-8(13-9-4-6-17-7-5-9)10-2-3-11(16-10)12(14)15/h2-3,8-9,13H,4-7H2,1H3,(H,14,15). The summed E-state index contributed by atoms with van der Waals surface area (Å²) in [5.74, 6) is 2.08. The molecule has 2 heterocycles. The van der Waals surface area contributed by atoms with E-state index in [1.54, 1.807) is 6.07 Å². The molecule has 0 aromatic carbocycles. The predicted octanol–water partition coefficient (Wildman–Crippen LogP) is 2.52. The van der Waals surface area contributed by atoms with Crippen molar-refractivity contribution in [1.82, 2.24) is 5.32 Å². The van der Waals surface area contributed by atoms with Crippen LogP contribution in [0.2, 0.25) is 0 Å². The fourth-order valence-corrected chi connectivity index (χ4v) is 3.11. The summed E-state index contributed by atoms with van der Waals surface area (Å²) in [6.07, 6.45) is 2.34. The van der Waals surface area contributed by atoms with Crippen molar-refractivity contribution in [1.29, 1.82) is 0 Å². The van der Waals surface area contributed by atoms with Gasteiger partial charge in [0.15, 0.2) is 0 Å². The van der Waals surface area contributed by atoms with Gasteiger partial charge in [-0.3, -0.25) is 0 Å². The summed E-state index contributed by atoms with van der Waals surface area (Å²) in [4.78, 5) is 10.7. The number of carbonyl (C=O) groups is 1. The Bertz CT molecular complexity index is 385. The van der Waals surface area contributed by atoms with Gasteiger partial charge in [0, 0.05) is 6.04 Å². The lowest BCUT2D eigenvalue weighted by atomic mass is 10.1. The number of thioether (sulfide) groups is 1. The average molecular weight is 255 g/mol. The van der Waals surface area contributed by atoms with E-state index in [-0.39, 0.29) is 11.8 Å². The van der Waals surface area contributed by atoms with Crippen LogP contribution in [-0.4, -0.2) is 28.6 Å². The lowest BCUT2D eigenvalue weighted by molar-refractivity contribution is 0.0659. The number of hydrogen-bond acceptors (Lipinski definition) is 4. The molecule has 0 saturated carbocycles. The first-order valence-electron chi connectivity index (χ1n) is 5.83. The number of nitrogens with one attached hydrogen (secondary N) is 1. The number of furan rings is 1. The molecule has 4 nitrogen and oxygen atoms in total. The van der Waals surface area contributed by atoms with E-state index in [4.69, 9.17) is 9.52 Å². The van der Waals surface area contributed by atoms with Gasteiger partial charge in [-0.05, 0) is 43.4 Å². The van der Waals surface area contributed by atoms with Gasteiger partial charge in [0.2, 0.25) is 5.76 Å². The Morgan fingerprint density at radius 1 is 1.53 bits per heavy atom. The number of hydrogen-bond donors (Lipinski definition) is 2. The van der Waals surface area contributed by atoms with Crippen molar-refractivity contribution in [3.63, 3.8) is 0 Å². The molecule has 17 heavy (non-hydrogen) atoms. The maximum Gasteiger partial charge on any atom is 0.371 e. The number of rotatable bonds is 4. The molecule has 2 rings (SSSR count). The highest BCUT2D eigenvalue weighted by Crippen LogP contribution is 2.22. The Morgan fingerprint density at radius 3 is 2.82 bits per heavy atom. The van der Waals surface area contributed by atoms with Gasteiger partial charge in [-0.1, -0.05) is 0 Å². The van der Waals surface area contributed by atoms with Crippen molar-refractivity contribution >= 4 is 17.7 Å². The van der Waals surface area contributed by atoms with E-state index in [0.29, 0.717) is 11.8 Å². The van der Waals surface area contributed by atoms with Crippen LogP contribution in [0, 0.1) is 0 Å². The van der Waals surface area contributed by atoms with Crippen molar-refractivity contribution in [2.75, 3.05) is 11.5 Å². The minimum Gasteiger partial charge on any atom is -0.475 e. The maximum atomic E-state index is 10.7. The number of carboxylic acids is 1. The van der Waals surface area contributed by atoms with Crippen LogP contribution in [0.5, 0.6) is 0 Å². The van der Waals surface area contributed by atoms with E-state index in [1.165, 1.54) is 30.4 Å². The molecule has 1 aliphatic heterocycles. The molecule has 94 valence electrons. The Morgan fingerprint density at radius 2 is 2.24 bits per heavy atom. The van der Waals surface area contributed by atoms with Crippen molar-refractivity contribution in [2.45, 2.75) is 31.8 Å². The minimum atomic E-state index is -1.02. The fraction of sp³-hybridized carbons (Fsp3) is 0.583. The second-order valence-corrected chi connectivity index (χ2v) is 5.51. The molecular formula is C12H17NO3S. The van der Waals surface area contributed by atoms with Gasteiger partial charge in [-0.25, -0.2) is 4.79 Å². The molecule has 1 aromatic rings. The summed E-state index contributed by atoms with van der Waals surface area (Å²) in [6, 6.07) is 3.83. The first-order valence-corrected chi connectivity index (χ1v) is 6.99. The van der Waals surface area contributed by atoms with Gasteiger partial charge in [0.1, 0.15) is 5.76 Å². The highest BCUT2D eigenvalue weighted by Gasteiger charge is 2.19. The van der Waals surface area contributed by atoms with Crippen LogP contribution in [0.4, 0.5) is 0 Å². The molecule has 1 atom stereocenters. The summed E-state index contributed by atoms with van der Waals surface area (Å²) < 4.78 is 5.28. The zero-order valence-corrected chi connectivity index (χ0v) is 10.6. The molecule has 2 N–H and O–H groups in total. The van der Waals surface area contributed by atoms with E-state index in [9.17, 15) is 4.79 Å². The second-order valence-electron chi connectivity index (χ2n) is 4.28. The number of aromatic carboxylic acids is 1. The Labute approximate surface area is 105 Å². The molecule has 1 unspecified atom stereocenters. The predicted molar refractivity (Wildman–Crippen MR) is 67.6 cm³/mol. The Hall–Kier alpha value is -0.940. The van der Waals surface area contributed by atoms with E-state index in [2.05, 4.69) is 5.32 Å². The molecule has 1 fully saturated rings. The zero-order chi connectivity index (χ0) is 12.3. The first-order chi connectivity index (χ1) is 8.16. The first kappa shape index (κ1) is 12.5. The highest BCUT2D eigenvalue weighted by atomic mass is 32.2. The van der Waals surface area contributed by atoms with Gasteiger partial charge in [0.05, 0.1) is 6.04 Å². The van der Waals surface area contributed by atoms with Crippen LogP contribution < -0.4 is 5.32 Å². The SMILES string of the molecule is CC(NC1CCSCC1)c1ccc(C(=O)O)o1. The van der Waals surface area contributed by atoms with Gasteiger partial charge < -0.3 is 14.8 Å². The third-order valence-corrected chi connectivity index (χ3v) is 4.02. The van der Waals surface area contributed by atoms with Crippen LogP contribution in [0.1, 0.15) is 42.1 Å². The lowest BCUT2D eigenvalue weighted by Crippen LogP contribution is -2.34. The summed E-state index contributed by atoms with van der Waals surface area (Å²) in [6.45, 7) is 2.01. The van der Waals surface area contributed by atoms with Gasteiger partial charge in [-0.2, -0.15) is 11.8 Å². The summed E-state index contributed by atoms with van der Waals surface area (Å²) in [7, 11) is 0. The van der Waals surface area contributed by atoms with Crippen molar-refractivity contribution < 1.29 is 14.3 Å². The quantitative estimate of drug-likeness (QED) is 0.865. The van der Waals surface area contributed by atoms with Crippen LogP contribution in [0.3, 0.4) is 0 Å². The second kappa shape index (κ2) is 5.60. The third-order valence-electron chi connectivity index (χ3n) is 2.97. The molecule has 1 saturated heterocycles. The van der Waals surface area contributed by atoms with Gasteiger partial charge in [-0.15, -0.1) is 0 Å². The Kier molecular flexibility index (Phi) is 4.12. The molecule has 0 radical (unpaired) electrons. The summed E-state index contributed by atoms with van der Waals surface area (Å²) in [5.41, 5.74) is 0. The largest absolute Gasteiger partial charge is 0.475 e. The molecule has 0 amide bonds. The lowest BCUT2D eigenvalue weighted by Gasteiger charge is -2.25. The molecular weight excluding hydrogens is 238 g/mol. The highest BCUT2D eigenvalue weighted by molar-refractivity contribution is 7.99. The van der Waals surface area contributed by atoms with Crippen molar-refractivity contribution in [3.8, 4) is 0 Å². The number of carboxylic acid groups (broad SMARTS) is 1. The normalized spacial score (nSPS) is 19.1. The Balaban J connectivity index is 1.93. The maximum absolute atomic E-state index is 10.7. The van der Waals surface area contributed by atoms with Gasteiger partial charge in [0.25, 0.3) is 0 Å². The van der Waals surface area contributed by atoms with Crippen LogP contribution in [-0.2, 0) is 0 Å². The van der Waals surface area contributed by atoms with E-state index in [1.807, 2.05) is 18.7 Å². The van der Waals surface area contributed by atoms with E-state index < -0.39 is 5.97 Å². The topological polar surface area (TPSA) is 62.5 Å². The minimum absolute atomic E-state index is 0.00727. The molecule has 0 aliphatic carbocycles. The third kappa shape index (κ3) is 3.26. The fourth-order valence-electron chi connectivity index (χ4n) is 2.00. The van der Waals surface area contributed by atoms with Crippen molar-refractivity contribution in [3.05, 3.63) is 23.7 Å². The summed E-state index contributed by atoms with van der Waals surface area (Å²) in [5, 5.41) is 12.3. The molecule has 0 bridgehead atoms. The molecule has 1 aromatic heterocycles. The molecule has 5 heteroatoms. The smallest absolute Gasteiger partial charge is 0.371 e. The van der Waals surface area contributed by atoms with Gasteiger partial charge >= 0.3 is 5.97 Å². The monoisotopic (exact) mass is 255 g/mol. The molecule has 1 aliphatic rings. The average Bonchev–Trinajstić information content (AvgIpc) is 2.79. The summed E-state index contributed by atoms with van der Waals surface area (Å²) >= 11 is 1.99. The van der Waals surface area contributed by atoms with Crippen LogP contribution >= 0.6 is 11.8 Å². The van der Waals surface area contributed by atoms with Crippen molar-refractivity contribution in [2.24, 2.45) is 0 Å². The zero-order valence-electron chi connectivity index (χ0n) is 9.81. The van der Waals surface area contributed by atoms with Crippen LogP contribution in [0.25, 0.3) is 0 Å². The molecule has 0 spiro atoms. The van der Waals surface area contributed by atoms with E-state index >= 15 is 0 Å².